The molecule has 102 valence electrons. The average Bonchev–Trinajstić information content (AvgIpc) is 2.88. The molecular formula is C14H17Cl2N3. The van der Waals surface area contributed by atoms with E-state index >= 15 is 0 Å². The molecule has 0 aliphatic heterocycles. The van der Waals surface area contributed by atoms with Crippen LogP contribution in [0.3, 0.4) is 0 Å². The minimum Gasteiger partial charge on any atom is -0.349 e. The van der Waals surface area contributed by atoms with E-state index in [1.807, 2.05) is 24.4 Å². The van der Waals surface area contributed by atoms with Crippen molar-refractivity contribution in [2.75, 3.05) is 6.54 Å². The molecule has 0 amide bonds. The zero-order valence-electron chi connectivity index (χ0n) is 10.8. The first-order valence-corrected chi connectivity index (χ1v) is 7.13. The number of hydrogen-bond donors (Lipinski definition) is 2. The van der Waals surface area contributed by atoms with E-state index in [0.717, 1.165) is 30.8 Å². The third-order valence-electron chi connectivity index (χ3n) is 2.94. The van der Waals surface area contributed by atoms with Gasteiger partial charge in [0.25, 0.3) is 0 Å². The van der Waals surface area contributed by atoms with Gasteiger partial charge in [-0.3, -0.25) is 0 Å². The van der Waals surface area contributed by atoms with E-state index in [0.29, 0.717) is 10.0 Å². The van der Waals surface area contributed by atoms with E-state index in [-0.39, 0.29) is 6.04 Å². The lowest BCUT2D eigenvalue weighted by Gasteiger charge is -2.20. The fourth-order valence-electron chi connectivity index (χ4n) is 2.04. The van der Waals surface area contributed by atoms with Crippen LogP contribution < -0.4 is 5.32 Å². The third kappa shape index (κ3) is 3.72. The molecule has 2 aromatic rings. The van der Waals surface area contributed by atoms with Gasteiger partial charge < -0.3 is 10.3 Å². The molecule has 2 N–H and O–H groups in total. The summed E-state index contributed by atoms with van der Waals surface area (Å²) < 4.78 is 0. The largest absolute Gasteiger partial charge is 0.349 e. The van der Waals surface area contributed by atoms with E-state index in [9.17, 15) is 0 Å². The molecule has 5 heteroatoms. The fraction of sp³-hybridized carbons (Fsp3) is 0.357. The van der Waals surface area contributed by atoms with Crippen LogP contribution in [0.1, 0.15) is 30.8 Å². The van der Waals surface area contributed by atoms with Gasteiger partial charge in [0.15, 0.2) is 0 Å². The second kappa shape index (κ2) is 6.94. The van der Waals surface area contributed by atoms with Gasteiger partial charge >= 0.3 is 0 Å². The standard InChI is InChI=1S/C14H17Cl2N3/c1-2-6-17-12(9-13-18-7-8-19-13)14-10(15)4-3-5-11(14)16/h3-5,7-8,12,17H,2,6,9H2,1H3,(H,18,19). The summed E-state index contributed by atoms with van der Waals surface area (Å²) in [5, 5.41) is 4.85. The van der Waals surface area contributed by atoms with Crippen molar-refractivity contribution in [2.24, 2.45) is 0 Å². The minimum absolute atomic E-state index is 0.0623. The number of benzene rings is 1. The molecule has 1 atom stereocenters. The second-order valence-electron chi connectivity index (χ2n) is 4.38. The summed E-state index contributed by atoms with van der Waals surface area (Å²) in [6, 6.07) is 5.65. The number of aromatic amines is 1. The highest BCUT2D eigenvalue weighted by atomic mass is 35.5. The Hall–Kier alpha value is -1.03. The number of imidazole rings is 1. The summed E-state index contributed by atoms with van der Waals surface area (Å²) in [6.45, 7) is 3.04. The first-order valence-electron chi connectivity index (χ1n) is 6.38. The van der Waals surface area contributed by atoms with Gasteiger partial charge in [0.1, 0.15) is 5.82 Å². The summed E-state index contributed by atoms with van der Waals surface area (Å²) in [6.07, 6.45) is 5.36. The molecule has 0 fully saturated rings. The summed E-state index contributed by atoms with van der Waals surface area (Å²) in [5.41, 5.74) is 0.940. The van der Waals surface area contributed by atoms with Crippen LogP contribution in [0.5, 0.6) is 0 Å². The van der Waals surface area contributed by atoms with Crippen molar-refractivity contribution in [1.29, 1.82) is 0 Å². The number of aromatic nitrogens is 2. The normalized spacial score (nSPS) is 12.6. The zero-order chi connectivity index (χ0) is 13.7. The number of rotatable bonds is 6. The van der Waals surface area contributed by atoms with Crippen molar-refractivity contribution in [3.63, 3.8) is 0 Å². The number of H-pyrrole nitrogens is 1. The van der Waals surface area contributed by atoms with Gasteiger partial charge in [0, 0.05) is 40.5 Å². The highest BCUT2D eigenvalue weighted by molar-refractivity contribution is 6.36. The van der Waals surface area contributed by atoms with Gasteiger partial charge in [-0.15, -0.1) is 0 Å². The molecule has 1 aromatic carbocycles. The highest BCUT2D eigenvalue weighted by Crippen LogP contribution is 2.31. The zero-order valence-corrected chi connectivity index (χ0v) is 12.3. The maximum Gasteiger partial charge on any atom is 0.107 e. The second-order valence-corrected chi connectivity index (χ2v) is 5.20. The number of nitrogens with one attached hydrogen (secondary N) is 2. The molecule has 2 rings (SSSR count). The molecule has 0 aliphatic rings. The van der Waals surface area contributed by atoms with Crippen LogP contribution in [0.4, 0.5) is 0 Å². The summed E-state index contributed by atoms with van der Waals surface area (Å²) >= 11 is 12.6. The molecule has 1 aromatic heterocycles. The van der Waals surface area contributed by atoms with Crippen molar-refractivity contribution in [3.8, 4) is 0 Å². The molecule has 0 spiro atoms. The van der Waals surface area contributed by atoms with E-state index < -0.39 is 0 Å². The lowest BCUT2D eigenvalue weighted by molar-refractivity contribution is 0.520. The van der Waals surface area contributed by atoms with Crippen LogP contribution in [0.15, 0.2) is 30.6 Å². The topological polar surface area (TPSA) is 40.7 Å². The van der Waals surface area contributed by atoms with Crippen LogP contribution >= 0.6 is 23.2 Å². The van der Waals surface area contributed by atoms with E-state index in [2.05, 4.69) is 22.2 Å². The monoisotopic (exact) mass is 297 g/mol. The smallest absolute Gasteiger partial charge is 0.107 e. The summed E-state index contributed by atoms with van der Waals surface area (Å²) in [7, 11) is 0. The maximum absolute atomic E-state index is 6.29. The third-order valence-corrected chi connectivity index (χ3v) is 3.60. The highest BCUT2D eigenvalue weighted by Gasteiger charge is 2.18. The molecule has 0 bridgehead atoms. The molecule has 0 saturated heterocycles. The van der Waals surface area contributed by atoms with Gasteiger partial charge in [-0.05, 0) is 25.1 Å². The molecule has 0 saturated carbocycles. The van der Waals surface area contributed by atoms with Gasteiger partial charge in [0.05, 0.1) is 0 Å². The minimum atomic E-state index is 0.0623. The van der Waals surface area contributed by atoms with Crippen LogP contribution in [-0.2, 0) is 6.42 Å². The van der Waals surface area contributed by atoms with Crippen molar-refractivity contribution in [2.45, 2.75) is 25.8 Å². The predicted molar refractivity (Wildman–Crippen MR) is 79.8 cm³/mol. The molecule has 0 radical (unpaired) electrons. The Morgan fingerprint density at radius 3 is 2.63 bits per heavy atom. The van der Waals surface area contributed by atoms with Gasteiger partial charge in [0.2, 0.25) is 0 Å². The maximum atomic E-state index is 6.29. The SMILES string of the molecule is CCCNC(Cc1ncc[nH]1)c1c(Cl)cccc1Cl. The van der Waals surface area contributed by atoms with Crippen molar-refractivity contribution in [1.82, 2.24) is 15.3 Å². The molecule has 1 unspecified atom stereocenters. The molecule has 1 heterocycles. The first-order chi connectivity index (χ1) is 9.22. The number of nitrogens with zero attached hydrogens (tertiary/aromatic N) is 1. The molecular weight excluding hydrogens is 281 g/mol. The predicted octanol–water partition coefficient (Wildman–Crippen LogP) is 4.00. The van der Waals surface area contributed by atoms with Gasteiger partial charge in [-0.25, -0.2) is 4.98 Å². The Morgan fingerprint density at radius 2 is 2.05 bits per heavy atom. The number of hydrogen-bond acceptors (Lipinski definition) is 2. The Bertz CT molecular complexity index is 491. The average molecular weight is 298 g/mol. The van der Waals surface area contributed by atoms with E-state index in [1.165, 1.54) is 0 Å². The van der Waals surface area contributed by atoms with Crippen molar-refractivity contribution >= 4 is 23.2 Å². The molecule has 0 aliphatic carbocycles. The van der Waals surface area contributed by atoms with Crippen molar-refractivity contribution in [3.05, 3.63) is 52.0 Å². The fourth-order valence-corrected chi connectivity index (χ4v) is 2.70. The summed E-state index contributed by atoms with van der Waals surface area (Å²) in [4.78, 5) is 7.38. The Balaban J connectivity index is 2.26. The summed E-state index contributed by atoms with van der Waals surface area (Å²) in [5.74, 6) is 0.921. The Morgan fingerprint density at radius 1 is 1.32 bits per heavy atom. The Kier molecular flexibility index (Phi) is 5.25. The lowest BCUT2D eigenvalue weighted by Crippen LogP contribution is -2.25. The lowest BCUT2D eigenvalue weighted by atomic mass is 10.0. The molecule has 3 nitrogen and oxygen atoms in total. The van der Waals surface area contributed by atoms with Gasteiger partial charge in [-0.1, -0.05) is 36.2 Å². The van der Waals surface area contributed by atoms with Crippen LogP contribution in [0.25, 0.3) is 0 Å². The Labute approximate surface area is 123 Å². The quantitative estimate of drug-likeness (QED) is 0.846. The van der Waals surface area contributed by atoms with E-state index in [4.69, 9.17) is 23.2 Å². The van der Waals surface area contributed by atoms with Crippen molar-refractivity contribution < 1.29 is 0 Å². The van der Waals surface area contributed by atoms with Gasteiger partial charge in [-0.2, -0.15) is 0 Å². The van der Waals surface area contributed by atoms with Crippen LogP contribution in [-0.4, -0.2) is 16.5 Å². The molecule has 19 heavy (non-hydrogen) atoms. The van der Waals surface area contributed by atoms with Crippen LogP contribution in [0.2, 0.25) is 10.0 Å². The van der Waals surface area contributed by atoms with Crippen LogP contribution in [0, 0.1) is 0 Å². The number of halogens is 2. The first kappa shape index (κ1) is 14.4. The van der Waals surface area contributed by atoms with E-state index in [1.54, 1.807) is 6.20 Å².